The first-order chi connectivity index (χ1) is 9.45. The molecule has 5 heteroatoms. The molecule has 3 rings (SSSR count). The van der Waals surface area contributed by atoms with Crippen LogP contribution in [0.15, 0.2) is 12.1 Å². The Hall–Kier alpha value is -2.04. The second-order valence-electron chi connectivity index (χ2n) is 5.65. The van der Waals surface area contributed by atoms with E-state index in [1.807, 2.05) is 26.0 Å². The number of amides is 1. The largest absolute Gasteiger partial charge is 0.490 e. The highest BCUT2D eigenvalue weighted by molar-refractivity contribution is 6.05. The zero-order valence-electron chi connectivity index (χ0n) is 11.5. The first-order valence-corrected chi connectivity index (χ1v) is 6.73. The van der Waals surface area contributed by atoms with Gasteiger partial charge in [0, 0.05) is 5.56 Å². The molecule has 0 saturated heterocycles. The molecule has 1 atom stereocenters. The van der Waals surface area contributed by atoms with Crippen LogP contribution < -0.4 is 10.1 Å². The summed E-state index contributed by atoms with van der Waals surface area (Å²) < 4.78 is 5.65. The summed E-state index contributed by atoms with van der Waals surface area (Å²) in [7, 11) is 0. The van der Waals surface area contributed by atoms with Crippen molar-refractivity contribution in [2.45, 2.75) is 32.7 Å². The monoisotopic (exact) mass is 275 g/mol. The smallest absolute Gasteiger partial charge is 0.319 e. The van der Waals surface area contributed by atoms with E-state index < -0.39 is 17.3 Å². The third kappa shape index (κ3) is 1.77. The van der Waals surface area contributed by atoms with Gasteiger partial charge in [-0.2, -0.15) is 0 Å². The zero-order chi connectivity index (χ0) is 14.5. The molecule has 2 aliphatic rings. The number of fused-ring (bicyclic) bond motifs is 1. The zero-order valence-corrected chi connectivity index (χ0v) is 11.5. The average molecular weight is 275 g/mol. The predicted octanol–water partition coefficient (Wildman–Crippen LogP) is 1.72. The quantitative estimate of drug-likeness (QED) is 0.824. The lowest BCUT2D eigenvalue weighted by Crippen LogP contribution is -2.39. The molecular weight excluding hydrogens is 258 g/mol. The van der Waals surface area contributed by atoms with Crippen LogP contribution in [0.25, 0.3) is 0 Å². The maximum Gasteiger partial charge on any atom is 0.319 e. The molecule has 0 radical (unpaired) electrons. The molecule has 1 unspecified atom stereocenters. The molecule has 1 saturated carbocycles. The van der Waals surface area contributed by atoms with Crippen molar-refractivity contribution in [3.05, 3.63) is 28.8 Å². The van der Waals surface area contributed by atoms with Gasteiger partial charge in [0.15, 0.2) is 0 Å². The SMILES string of the molecule is Cc1ccc2c(c1C)OCC2NC(=O)C1(C(=O)O)CC1. The normalized spacial score (nSPS) is 21.8. The molecule has 5 nitrogen and oxygen atoms in total. The van der Waals surface area contributed by atoms with Gasteiger partial charge >= 0.3 is 5.97 Å². The van der Waals surface area contributed by atoms with Gasteiger partial charge in [-0.25, -0.2) is 0 Å². The number of hydrogen-bond acceptors (Lipinski definition) is 3. The van der Waals surface area contributed by atoms with Crippen LogP contribution in [0.5, 0.6) is 5.75 Å². The van der Waals surface area contributed by atoms with Gasteiger partial charge in [0.2, 0.25) is 5.91 Å². The second-order valence-corrected chi connectivity index (χ2v) is 5.65. The number of rotatable bonds is 3. The highest BCUT2D eigenvalue weighted by Gasteiger charge is 2.57. The Morgan fingerprint density at radius 1 is 1.35 bits per heavy atom. The fourth-order valence-electron chi connectivity index (χ4n) is 2.61. The molecule has 1 aliphatic carbocycles. The second kappa shape index (κ2) is 4.23. The Morgan fingerprint density at radius 2 is 2.05 bits per heavy atom. The average Bonchev–Trinajstić information content (AvgIpc) is 3.13. The molecule has 1 heterocycles. The van der Waals surface area contributed by atoms with Crippen molar-refractivity contribution in [3.63, 3.8) is 0 Å². The van der Waals surface area contributed by atoms with Gasteiger partial charge in [0.1, 0.15) is 17.8 Å². The Balaban J connectivity index is 1.81. The van der Waals surface area contributed by atoms with E-state index in [4.69, 9.17) is 9.84 Å². The van der Waals surface area contributed by atoms with Crippen molar-refractivity contribution in [2.24, 2.45) is 5.41 Å². The van der Waals surface area contributed by atoms with Gasteiger partial charge in [-0.15, -0.1) is 0 Å². The van der Waals surface area contributed by atoms with Crippen LogP contribution in [0.3, 0.4) is 0 Å². The standard InChI is InChI=1S/C15H17NO4/c1-8-3-4-10-11(7-20-12(10)9(8)2)16-13(17)15(5-6-15)14(18)19/h3-4,11H,5-7H2,1-2H3,(H,16,17)(H,18,19). The van der Waals surface area contributed by atoms with E-state index in [1.165, 1.54) is 0 Å². The lowest BCUT2D eigenvalue weighted by atomic mass is 10.0. The number of benzene rings is 1. The third-order valence-corrected chi connectivity index (χ3v) is 4.38. The topological polar surface area (TPSA) is 75.6 Å². The van der Waals surface area contributed by atoms with Crippen molar-refractivity contribution in [1.29, 1.82) is 0 Å². The van der Waals surface area contributed by atoms with Crippen LogP contribution in [0.1, 0.15) is 35.6 Å². The van der Waals surface area contributed by atoms with E-state index >= 15 is 0 Å². The van der Waals surface area contributed by atoms with E-state index in [-0.39, 0.29) is 6.04 Å². The molecule has 2 N–H and O–H groups in total. The third-order valence-electron chi connectivity index (χ3n) is 4.38. The number of hydrogen-bond donors (Lipinski definition) is 2. The van der Waals surface area contributed by atoms with Gasteiger partial charge < -0.3 is 15.2 Å². The van der Waals surface area contributed by atoms with Crippen LogP contribution in [0, 0.1) is 19.3 Å². The van der Waals surface area contributed by atoms with E-state index in [2.05, 4.69) is 5.32 Å². The number of aliphatic carboxylic acids is 1. The van der Waals surface area contributed by atoms with Crippen LogP contribution in [-0.2, 0) is 9.59 Å². The minimum Gasteiger partial charge on any atom is -0.490 e. The molecule has 1 aliphatic heterocycles. The maximum atomic E-state index is 12.1. The van der Waals surface area contributed by atoms with Crippen molar-refractivity contribution >= 4 is 11.9 Å². The Labute approximate surface area is 116 Å². The fraction of sp³-hybridized carbons (Fsp3) is 0.467. The Kier molecular flexibility index (Phi) is 2.74. The summed E-state index contributed by atoms with van der Waals surface area (Å²) in [5.41, 5.74) is 1.93. The first kappa shape index (κ1) is 13.0. The summed E-state index contributed by atoms with van der Waals surface area (Å²) in [5.74, 6) is -0.616. The van der Waals surface area contributed by atoms with E-state index in [1.54, 1.807) is 0 Å². The maximum absolute atomic E-state index is 12.1. The molecule has 0 bridgehead atoms. The van der Waals surface area contributed by atoms with Gasteiger partial charge in [-0.05, 0) is 37.8 Å². The summed E-state index contributed by atoms with van der Waals surface area (Å²) in [6, 6.07) is 3.68. The number of ether oxygens (including phenoxy) is 1. The van der Waals surface area contributed by atoms with Gasteiger partial charge in [-0.3, -0.25) is 9.59 Å². The van der Waals surface area contributed by atoms with Crippen LogP contribution in [0.2, 0.25) is 0 Å². The van der Waals surface area contributed by atoms with Crippen LogP contribution >= 0.6 is 0 Å². The van der Waals surface area contributed by atoms with E-state index in [9.17, 15) is 9.59 Å². The fourth-order valence-corrected chi connectivity index (χ4v) is 2.61. The lowest BCUT2D eigenvalue weighted by Gasteiger charge is -2.15. The molecule has 0 spiro atoms. The van der Waals surface area contributed by atoms with Crippen LogP contribution in [-0.4, -0.2) is 23.6 Å². The number of carboxylic acid groups (broad SMARTS) is 1. The van der Waals surface area contributed by atoms with Crippen molar-refractivity contribution in [3.8, 4) is 5.75 Å². The molecule has 1 aromatic rings. The van der Waals surface area contributed by atoms with E-state index in [0.717, 1.165) is 22.4 Å². The molecule has 1 fully saturated rings. The van der Waals surface area contributed by atoms with Crippen LogP contribution in [0.4, 0.5) is 0 Å². The number of carboxylic acids is 1. The van der Waals surface area contributed by atoms with Crippen molar-refractivity contribution in [1.82, 2.24) is 5.32 Å². The van der Waals surface area contributed by atoms with Crippen molar-refractivity contribution < 1.29 is 19.4 Å². The Bertz CT molecular complexity index is 604. The van der Waals surface area contributed by atoms with Crippen molar-refractivity contribution in [2.75, 3.05) is 6.61 Å². The molecule has 0 aromatic heterocycles. The molecule has 106 valence electrons. The molecule has 1 amide bonds. The number of aryl methyl sites for hydroxylation is 1. The number of carbonyl (C=O) groups excluding carboxylic acids is 1. The highest BCUT2D eigenvalue weighted by Crippen LogP contribution is 2.47. The molecule has 20 heavy (non-hydrogen) atoms. The molecule has 1 aromatic carbocycles. The lowest BCUT2D eigenvalue weighted by molar-refractivity contribution is -0.149. The summed E-state index contributed by atoms with van der Waals surface area (Å²) >= 11 is 0. The van der Waals surface area contributed by atoms with Gasteiger partial charge in [0.05, 0.1) is 6.04 Å². The Morgan fingerprint density at radius 3 is 2.65 bits per heavy atom. The molecular formula is C15H17NO4. The first-order valence-electron chi connectivity index (χ1n) is 6.73. The number of nitrogens with one attached hydrogen (secondary N) is 1. The van der Waals surface area contributed by atoms with E-state index in [0.29, 0.717) is 19.4 Å². The minimum atomic E-state index is -1.21. The summed E-state index contributed by atoms with van der Waals surface area (Å²) in [6.45, 7) is 4.35. The summed E-state index contributed by atoms with van der Waals surface area (Å²) in [6.07, 6.45) is 0.836. The van der Waals surface area contributed by atoms with Gasteiger partial charge in [-0.1, -0.05) is 12.1 Å². The summed E-state index contributed by atoms with van der Waals surface area (Å²) in [5, 5.41) is 12.0. The number of carbonyl (C=O) groups is 2. The summed E-state index contributed by atoms with van der Waals surface area (Å²) in [4.78, 5) is 23.3. The minimum absolute atomic E-state index is 0.256. The van der Waals surface area contributed by atoms with Gasteiger partial charge in [0.25, 0.3) is 0 Å². The predicted molar refractivity (Wildman–Crippen MR) is 71.6 cm³/mol. The highest BCUT2D eigenvalue weighted by atomic mass is 16.5.